The smallest absolute Gasteiger partial charge is 0.267 e. The molecule has 2 aromatic rings. The molecule has 0 aromatic heterocycles. The zero-order valence-electron chi connectivity index (χ0n) is 17.1. The van der Waals surface area contributed by atoms with E-state index >= 15 is 0 Å². The summed E-state index contributed by atoms with van der Waals surface area (Å²) in [5.74, 6) is 0.350. The number of rotatable bonds is 7. The van der Waals surface area contributed by atoms with Gasteiger partial charge < -0.3 is 15.4 Å². The number of hydrogen-bond acceptors (Lipinski definition) is 4. The number of carbonyl (C=O) groups excluding carboxylic acids is 1. The third-order valence-electron chi connectivity index (χ3n) is 4.40. The molecule has 146 valence electrons. The molecule has 5 nitrogen and oxygen atoms in total. The third kappa shape index (κ3) is 5.37. The van der Waals surface area contributed by atoms with Crippen molar-refractivity contribution in [2.24, 2.45) is 0 Å². The molecule has 0 aliphatic heterocycles. The standard InChI is InChI=1S/C23H27N3O2/c1-6-28-22-10-8-16(3)12-20(22)18(5)25-14-19(13-24)23(27)26-21-9-7-15(2)11-17(21)4/h7-12,14,18,25H,6H2,1-5H3,(H,26,27)/b19-14-. The Bertz CT molecular complexity index is 926. The minimum Gasteiger partial charge on any atom is -0.494 e. The topological polar surface area (TPSA) is 74.1 Å². The number of hydrogen-bond donors (Lipinski definition) is 2. The van der Waals surface area contributed by atoms with Crippen LogP contribution in [0.5, 0.6) is 5.75 Å². The molecular weight excluding hydrogens is 350 g/mol. The van der Waals surface area contributed by atoms with E-state index in [1.54, 1.807) is 0 Å². The van der Waals surface area contributed by atoms with Gasteiger partial charge in [0.15, 0.2) is 0 Å². The van der Waals surface area contributed by atoms with E-state index in [1.165, 1.54) is 6.20 Å². The lowest BCUT2D eigenvalue weighted by Gasteiger charge is -2.18. The first-order chi connectivity index (χ1) is 13.3. The number of nitrogens with one attached hydrogen (secondary N) is 2. The van der Waals surface area contributed by atoms with Crippen LogP contribution in [0.1, 0.15) is 42.1 Å². The molecule has 2 rings (SSSR count). The van der Waals surface area contributed by atoms with Crippen LogP contribution in [-0.4, -0.2) is 12.5 Å². The minimum atomic E-state index is -0.441. The highest BCUT2D eigenvalue weighted by Crippen LogP contribution is 2.26. The van der Waals surface area contributed by atoms with E-state index in [0.717, 1.165) is 28.0 Å². The molecule has 0 spiro atoms. The van der Waals surface area contributed by atoms with Gasteiger partial charge in [-0.25, -0.2) is 0 Å². The summed E-state index contributed by atoms with van der Waals surface area (Å²) in [6, 6.07) is 13.6. The molecule has 1 atom stereocenters. The van der Waals surface area contributed by atoms with Crippen molar-refractivity contribution in [3.8, 4) is 11.8 Å². The fourth-order valence-corrected chi connectivity index (χ4v) is 2.88. The number of benzene rings is 2. The molecule has 0 aliphatic carbocycles. The molecule has 1 unspecified atom stereocenters. The zero-order chi connectivity index (χ0) is 20.7. The van der Waals surface area contributed by atoms with E-state index in [4.69, 9.17) is 4.74 Å². The van der Waals surface area contributed by atoms with E-state index in [0.29, 0.717) is 12.3 Å². The SMILES string of the molecule is CCOc1ccc(C)cc1C(C)N/C=C(/C#N)C(=O)Nc1ccc(C)cc1C. The summed E-state index contributed by atoms with van der Waals surface area (Å²) < 4.78 is 5.69. The Morgan fingerprint density at radius 2 is 1.86 bits per heavy atom. The Morgan fingerprint density at radius 3 is 2.50 bits per heavy atom. The Balaban J connectivity index is 2.15. The minimum absolute atomic E-state index is 0.0115. The van der Waals surface area contributed by atoms with Crippen molar-refractivity contribution in [2.45, 2.75) is 40.7 Å². The van der Waals surface area contributed by atoms with Crippen molar-refractivity contribution < 1.29 is 9.53 Å². The number of anilines is 1. The highest BCUT2D eigenvalue weighted by molar-refractivity contribution is 6.06. The summed E-state index contributed by atoms with van der Waals surface area (Å²) in [4.78, 5) is 12.5. The first-order valence-electron chi connectivity index (χ1n) is 9.34. The van der Waals surface area contributed by atoms with Gasteiger partial charge in [0.1, 0.15) is 17.4 Å². The van der Waals surface area contributed by atoms with E-state index in [-0.39, 0.29) is 11.6 Å². The van der Waals surface area contributed by atoms with Crippen molar-refractivity contribution in [1.29, 1.82) is 5.26 Å². The monoisotopic (exact) mass is 377 g/mol. The van der Waals surface area contributed by atoms with Gasteiger partial charge in [0.2, 0.25) is 0 Å². The van der Waals surface area contributed by atoms with Gasteiger partial charge in [-0.3, -0.25) is 4.79 Å². The van der Waals surface area contributed by atoms with Crippen LogP contribution in [0.15, 0.2) is 48.2 Å². The van der Waals surface area contributed by atoms with E-state index in [2.05, 4.69) is 10.6 Å². The van der Waals surface area contributed by atoms with Crippen LogP contribution in [0.3, 0.4) is 0 Å². The molecule has 5 heteroatoms. The molecular formula is C23H27N3O2. The number of carbonyl (C=O) groups is 1. The highest BCUT2D eigenvalue weighted by Gasteiger charge is 2.14. The Kier molecular flexibility index (Phi) is 7.22. The average Bonchev–Trinajstić information content (AvgIpc) is 2.66. The largest absolute Gasteiger partial charge is 0.494 e. The number of aryl methyl sites for hydroxylation is 3. The quantitative estimate of drug-likeness (QED) is 0.541. The van der Waals surface area contributed by atoms with Gasteiger partial charge in [0.05, 0.1) is 12.6 Å². The highest BCUT2D eigenvalue weighted by atomic mass is 16.5. The Hall–Kier alpha value is -3.26. The lowest BCUT2D eigenvalue weighted by atomic mass is 10.0. The predicted octanol–water partition coefficient (Wildman–Crippen LogP) is 4.71. The summed E-state index contributed by atoms with van der Waals surface area (Å²) >= 11 is 0. The number of ether oxygens (including phenoxy) is 1. The first kappa shape index (κ1) is 21.0. The van der Waals surface area contributed by atoms with Gasteiger partial charge in [0, 0.05) is 17.5 Å². The maximum atomic E-state index is 12.5. The Labute approximate surface area is 167 Å². The van der Waals surface area contributed by atoms with Gasteiger partial charge in [-0.2, -0.15) is 5.26 Å². The fraction of sp³-hybridized carbons (Fsp3) is 0.304. The van der Waals surface area contributed by atoms with E-state index < -0.39 is 5.91 Å². The predicted molar refractivity (Wildman–Crippen MR) is 112 cm³/mol. The van der Waals surface area contributed by atoms with E-state index in [9.17, 15) is 10.1 Å². The van der Waals surface area contributed by atoms with E-state index in [1.807, 2.05) is 77.1 Å². The molecule has 2 N–H and O–H groups in total. The van der Waals surface area contributed by atoms with Crippen LogP contribution in [-0.2, 0) is 4.79 Å². The molecule has 1 amide bonds. The zero-order valence-corrected chi connectivity index (χ0v) is 17.1. The third-order valence-corrected chi connectivity index (χ3v) is 4.40. The van der Waals surface area contributed by atoms with Crippen molar-refractivity contribution in [2.75, 3.05) is 11.9 Å². The van der Waals surface area contributed by atoms with Crippen molar-refractivity contribution in [1.82, 2.24) is 5.32 Å². The lowest BCUT2D eigenvalue weighted by Crippen LogP contribution is -2.19. The van der Waals surface area contributed by atoms with Gasteiger partial charge in [0.25, 0.3) is 5.91 Å². The summed E-state index contributed by atoms with van der Waals surface area (Å²) in [7, 11) is 0. The lowest BCUT2D eigenvalue weighted by molar-refractivity contribution is -0.112. The molecule has 0 fully saturated rings. The molecule has 2 aromatic carbocycles. The molecule has 0 bridgehead atoms. The number of amides is 1. The second-order valence-corrected chi connectivity index (χ2v) is 6.80. The van der Waals surface area contributed by atoms with Crippen LogP contribution in [0.25, 0.3) is 0 Å². The average molecular weight is 377 g/mol. The van der Waals surface area contributed by atoms with Crippen LogP contribution < -0.4 is 15.4 Å². The molecule has 0 radical (unpaired) electrons. The second kappa shape index (κ2) is 9.61. The molecule has 0 saturated carbocycles. The van der Waals surface area contributed by atoms with Gasteiger partial charge in [-0.1, -0.05) is 35.4 Å². The summed E-state index contributed by atoms with van der Waals surface area (Å²) in [5.41, 5.74) is 4.87. The molecule has 28 heavy (non-hydrogen) atoms. The van der Waals surface area contributed by atoms with Crippen molar-refractivity contribution in [3.63, 3.8) is 0 Å². The van der Waals surface area contributed by atoms with Gasteiger partial charge >= 0.3 is 0 Å². The van der Waals surface area contributed by atoms with Crippen LogP contribution >= 0.6 is 0 Å². The maximum absolute atomic E-state index is 12.5. The second-order valence-electron chi connectivity index (χ2n) is 6.80. The van der Waals surface area contributed by atoms with Crippen molar-refractivity contribution in [3.05, 3.63) is 70.4 Å². The first-order valence-corrected chi connectivity index (χ1v) is 9.34. The maximum Gasteiger partial charge on any atom is 0.267 e. The fourth-order valence-electron chi connectivity index (χ4n) is 2.88. The van der Waals surface area contributed by atoms with Crippen LogP contribution in [0.2, 0.25) is 0 Å². The molecule has 0 saturated heterocycles. The van der Waals surface area contributed by atoms with Gasteiger partial charge in [-0.05, 0) is 52.3 Å². The molecule has 0 heterocycles. The summed E-state index contributed by atoms with van der Waals surface area (Å²) in [6.45, 7) is 10.4. The summed E-state index contributed by atoms with van der Waals surface area (Å²) in [6.07, 6.45) is 1.46. The number of nitrogens with zero attached hydrogens (tertiary/aromatic N) is 1. The molecule has 0 aliphatic rings. The normalized spacial score (nSPS) is 12.1. The van der Waals surface area contributed by atoms with Crippen molar-refractivity contribution >= 4 is 11.6 Å². The van der Waals surface area contributed by atoms with Crippen LogP contribution in [0.4, 0.5) is 5.69 Å². The van der Waals surface area contributed by atoms with Crippen LogP contribution in [0, 0.1) is 32.1 Å². The number of nitriles is 1. The Morgan fingerprint density at radius 1 is 1.18 bits per heavy atom. The summed E-state index contributed by atoms with van der Waals surface area (Å²) in [5, 5.41) is 15.3. The van der Waals surface area contributed by atoms with Gasteiger partial charge in [-0.15, -0.1) is 0 Å².